The molecule has 0 radical (unpaired) electrons. The molecular formula is C38H29NO2. The number of benzene rings is 5. The summed E-state index contributed by atoms with van der Waals surface area (Å²) in [6.45, 7) is 1.76. The minimum Gasteiger partial charge on any atom is -0.423 e. The average molecular weight is 532 g/mol. The summed E-state index contributed by atoms with van der Waals surface area (Å²) in [5.41, 5.74) is 8.39. The van der Waals surface area contributed by atoms with E-state index in [0.717, 1.165) is 33.6 Å². The molecule has 0 saturated carbocycles. The second kappa shape index (κ2) is 11.8. The molecule has 0 aliphatic heterocycles. The molecule has 1 heterocycles. The number of anilines is 3. The van der Waals surface area contributed by atoms with E-state index in [1.165, 1.54) is 11.1 Å². The Kier molecular flexibility index (Phi) is 7.42. The van der Waals surface area contributed by atoms with E-state index in [2.05, 4.69) is 108 Å². The predicted octanol–water partition coefficient (Wildman–Crippen LogP) is 10.0. The summed E-state index contributed by atoms with van der Waals surface area (Å²) in [7, 11) is 0. The summed E-state index contributed by atoms with van der Waals surface area (Å²) in [5.74, 6) is 0. The lowest BCUT2D eigenvalue weighted by Crippen LogP contribution is -2.10. The van der Waals surface area contributed by atoms with Crippen molar-refractivity contribution in [1.29, 1.82) is 0 Å². The van der Waals surface area contributed by atoms with Crippen molar-refractivity contribution in [2.24, 2.45) is 0 Å². The minimum absolute atomic E-state index is 0.358. The average Bonchev–Trinajstić information content (AvgIpc) is 3.03. The van der Waals surface area contributed by atoms with Crippen molar-refractivity contribution < 1.29 is 4.42 Å². The fourth-order valence-electron chi connectivity index (χ4n) is 4.88. The molecule has 6 rings (SSSR count). The van der Waals surface area contributed by atoms with E-state index in [4.69, 9.17) is 4.42 Å². The molecule has 0 fully saturated rings. The van der Waals surface area contributed by atoms with Gasteiger partial charge in [-0.15, -0.1) is 0 Å². The van der Waals surface area contributed by atoms with E-state index >= 15 is 0 Å². The molecule has 0 aliphatic rings. The summed E-state index contributed by atoms with van der Waals surface area (Å²) < 4.78 is 5.75. The summed E-state index contributed by atoms with van der Waals surface area (Å²) in [6, 6.07) is 53.3. The topological polar surface area (TPSA) is 33.5 Å². The first-order valence-corrected chi connectivity index (χ1v) is 13.6. The van der Waals surface area contributed by atoms with Crippen molar-refractivity contribution in [1.82, 2.24) is 0 Å². The van der Waals surface area contributed by atoms with Gasteiger partial charge in [0.1, 0.15) is 5.58 Å². The van der Waals surface area contributed by atoms with E-state index in [-0.39, 0.29) is 5.63 Å². The zero-order valence-corrected chi connectivity index (χ0v) is 22.8. The number of aryl methyl sites for hydroxylation is 1. The van der Waals surface area contributed by atoms with Crippen LogP contribution in [0.15, 0.2) is 167 Å². The maximum atomic E-state index is 12.6. The standard InChI is InChI=1S/C38H29NO2/c1-28-11-5-2-10-16-33-27-36(25-26-37(33)41-38(28)40)39(34-21-17-31(18-22-34)29-12-6-3-7-13-29)35-23-19-32(20-24-35)30-14-8-4-9-15-30/h2-27H,1H3. The third-order valence-electron chi connectivity index (χ3n) is 7.09. The summed E-state index contributed by atoms with van der Waals surface area (Å²) in [4.78, 5) is 14.8. The number of hydrogen-bond acceptors (Lipinski definition) is 3. The van der Waals surface area contributed by atoms with Crippen molar-refractivity contribution in [3.05, 3.63) is 174 Å². The highest BCUT2D eigenvalue weighted by Gasteiger charge is 2.14. The van der Waals surface area contributed by atoms with Crippen molar-refractivity contribution in [2.75, 3.05) is 4.90 Å². The molecule has 1 aromatic heterocycles. The minimum atomic E-state index is -0.358. The van der Waals surface area contributed by atoms with Crippen LogP contribution in [0.1, 0.15) is 5.56 Å². The van der Waals surface area contributed by atoms with E-state index in [1.807, 2.05) is 48.5 Å². The van der Waals surface area contributed by atoms with Crippen LogP contribution in [0.25, 0.3) is 33.2 Å². The van der Waals surface area contributed by atoms with Crippen LogP contribution >= 0.6 is 0 Å². The van der Waals surface area contributed by atoms with Gasteiger partial charge in [0.2, 0.25) is 0 Å². The van der Waals surface area contributed by atoms with Crippen LogP contribution in [0.5, 0.6) is 0 Å². The van der Waals surface area contributed by atoms with Crippen LogP contribution in [0.2, 0.25) is 0 Å². The molecule has 0 unspecified atom stereocenters. The van der Waals surface area contributed by atoms with Gasteiger partial charge < -0.3 is 9.32 Å². The van der Waals surface area contributed by atoms with E-state index in [1.54, 1.807) is 13.0 Å². The molecule has 3 heteroatoms. The molecule has 3 nitrogen and oxygen atoms in total. The first kappa shape index (κ1) is 25.8. The molecule has 0 amide bonds. The number of fused-ring (bicyclic) bond motifs is 1. The van der Waals surface area contributed by atoms with Gasteiger partial charge >= 0.3 is 5.63 Å². The zero-order chi connectivity index (χ0) is 28.0. The highest BCUT2D eigenvalue weighted by molar-refractivity contribution is 5.86. The van der Waals surface area contributed by atoms with Gasteiger partial charge in [0.05, 0.1) is 0 Å². The third kappa shape index (κ3) is 5.80. The maximum absolute atomic E-state index is 12.6. The van der Waals surface area contributed by atoms with Crippen LogP contribution in [0.4, 0.5) is 17.1 Å². The number of hydrogen-bond donors (Lipinski definition) is 0. The quantitative estimate of drug-likeness (QED) is 0.222. The number of rotatable bonds is 5. The van der Waals surface area contributed by atoms with Gasteiger partial charge in [-0.1, -0.05) is 115 Å². The van der Waals surface area contributed by atoms with Crippen LogP contribution < -0.4 is 10.5 Å². The predicted molar refractivity (Wildman–Crippen MR) is 170 cm³/mol. The SMILES string of the molecule is Cc1cccccc2cc(N(c3ccc(-c4ccccc4)cc3)c3ccc(-c4ccccc4)cc3)ccc2oc1=O. The molecule has 41 heavy (non-hydrogen) atoms. The van der Waals surface area contributed by atoms with Gasteiger partial charge in [0.15, 0.2) is 0 Å². The van der Waals surface area contributed by atoms with Gasteiger partial charge in [-0.05, 0) is 71.6 Å². The summed E-state index contributed by atoms with van der Waals surface area (Å²) in [6.07, 6.45) is 0. The van der Waals surface area contributed by atoms with Crippen molar-refractivity contribution in [3.63, 3.8) is 0 Å². The molecule has 0 saturated heterocycles. The molecule has 0 bridgehead atoms. The van der Waals surface area contributed by atoms with Gasteiger partial charge in [0.25, 0.3) is 0 Å². The smallest absolute Gasteiger partial charge is 0.339 e. The third-order valence-corrected chi connectivity index (χ3v) is 7.09. The molecule has 6 aromatic rings. The van der Waals surface area contributed by atoms with Gasteiger partial charge in [-0.3, -0.25) is 0 Å². The van der Waals surface area contributed by atoms with Crippen LogP contribution in [0.3, 0.4) is 0 Å². The Morgan fingerprint density at radius 3 is 1.44 bits per heavy atom. The normalized spacial score (nSPS) is 10.7. The monoisotopic (exact) mass is 531 g/mol. The molecule has 0 spiro atoms. The first-order valence-electron chi connectivity index (χ1n) is 13.6. The second-order valence-electron chi connectivity index (χ2n) is 9.87. The zero-order valence-electron chi connectivity index (χ0n) is 22.8. The van der Waals surface area contributed by atoms with Gasteiger partial charge in [-0.2, -0.15) is 0 Å². The number of nitrogens with zero attached hydrogens (tertiary/aromatic N) is 1. The van der Waals surface area contributed by atoms with Crippen LogP contribution in [-0.2, 0) is 0 Å². The molecule has 0 aliphatic carbocycles. The lowest BCUT2D eigenvalue weighted by atomic mass is 10.0. The van der Waals surface area contributed by atoms with E-state index < -0.39 is 0 Å². The highest BCUT2D eigenvalue weighted by atomic mass is 16.4. The summed E-state index contributed by atoms with van der Waals surface area (Å²) in [5, 5.41) is 0.821. The molecule has 0 atom stereocenters. The first-order chi connectivity index (χ1) is 20.2. The molecular weight excluding hydrogens is 502 g/mol. The Balaban J connectivity index is 1.49. The Bertz CT molecular complexity index is 1810. The Hall–Kier alpha value is -5.41. The van der Waals surface area contributed by atoms with Gasteiger partial charge in [-0.25, -0.2) is 4.79 Å². The van der Waals surface area contributed by atoms with E-state index in [0.29, 0.717) is 11.1 Å². The summed E-state index contributed by atoms with van der Waals surface area (Å²) >= 11 is 0. The highest BCUT2D eigenvalue weighted by Crippen LogP contribution is 2.37. The fraction of sp³-hybridized carbons (Fsp3) is 0.0263. The van der Waals surface area contributed by atoms with Crippen molar-refractivity contribution in [3.8, 4) is 22.3 Å². The Morgan fingerprint density at radius 2 is 0.902 bits per heavy atom. The lowest BCUT2D eigenvalue weighted by Gasteiger charge is -2.26. The van der Waals surface area contributed by atoms with Crippen molar-refractivity contribution >= 4 is 28.0 Å². The maximum Gasteiger partial charge on any atom is 0.339 e. The molecule has 5 aromatic carbocycles. The Labute approximate surface area is 239 Å². The van der Waals surface area contributed by atoms with Crippen LogP contribution in [0, 0.1) is 6.92 Å². The van der Waals surface area contributed by atoms with E-state index in [9.17, 15) is 4.79 Å². The second-order valence-corrected chi connectivity index (χ2v) is 9.87. The van der Waals surface area contributed by atoms with Crippen LogP contribution in [-0.4, -0.2) is 0 Å². The Morgan fingerprint density at radius 1 is 0.463 bits per heavy atom. The largest absolute Gasteiger partial charge is 0.423 e. The van der Waals surface area contributed by atoms with Crippen molar-refractivity contribution in [2.45, 2.75) is 6.92 Å². The fourth-order valence-corrected chi connectivity index (χ4v) is 4.88. The molecule has 0 N–H and O–H groups in total. The van der Waals surface area contributed by atoms with Gasteiger partial charge in [0, 0.05) is 28.0 Å². The lowest BCUT2D eigenvalue weighted by molar-refractivity contribution is 0.558. The molecule has 198 valence electrons.